The molecule has 48 valence electrons. The molecule has 0 spiro atoms. The molecule has 0 fully saturated rings. The highest BCUT2D eigenvalue weighted by molar-refractivity contribution is 6.33. The molecule has 0 radical (unpaired) electrons. The normalized spacial score (nSPS) is 17.4. The largest absolute Gasteiger partial charge is 0.480 e. The number of carboxylic acids is 1. The van der Waals surface area contributed by atoms with Crippen LogP contribution in [0.2, 0.25) is 0 Å². The van der Waals surface area contributed by atoms with E-state index in [9.17, 15) is 4.79 Å². The summed E-state index contributed by atoms with van der Waals surface area (Å²) in [5.74, 6) is -0.957. The van der Waals surface area contributed by atoms with E-state index in [1.165, 1.54) is 6.92 Å². The summed E-state index contributed by atoms with van der Waals surface area (Å²) in [4.78, 5) is 9.05. The van der Waals surface area contributed by atoms with Crippen LogP contribution in [0.3, 0.4) is 0 Å². The van der Waals surface area contributed by atoms with Gasteiger partial charge in [0.2, 0.25) is 0 Å². The Bertz CT molecular complexity index is 98.6. The van der Waals surface area contributed by atoms with Crippen molar-refractivity contribution in [2.45, 2.75) is 25.1 Å². The SMILES string of the molecule is CCC(C)(Cl)C(=O)O. The molecule has 2 nitrogen and oxygen atoms in total. The highest BCUT2D eigenvalue weighted by Crippen LogP contribution is 2.17. The van der Waals surface area contributed by atoms with Gasteiger partial charge in [0.25, 0.3) is 0 Å². The van der Waals surface area contributed by atoms with E-state index in [-0.39, 0.29) is 0 Å². The Kier molecular flexibility index (Phi) is 2.28. The minimum absolute atomic E-state index is 0.448. The summed E-state index contributed by atoms with van der Waals surface area (Å²) < 4.78 is 0. The van der Waals surface area contributed by atoms with Crippen LogP contribution in [0.25, 0.3) is 0 Å². The first-order valence-corrected chi connectivity index (χ1v) is 2.81. The molecule has 0 saturated carbocycles. The summed E-state index contributed by atoms with van der Waals surface area (Å²) in [6, 6.07) is 0. The summed E-state index contributed by atoms with van der Waals surface area (Å²) in [5, 5.41) is 8.31. The molecule has 0 aliphatic carbocycles. The Morgan fingerprint density at radius 1 is 1.88 bits per heavy atom. The van der Waals surface area contributed by atoms with Crippen molar-refractivity contribution in [2.75, 3.05) is 0 Å². The second-order valence-electron chi connectivity index (χ2n) is 1.86. The van der Waals surface area contributed by atoms with Crippen molar-refractivity contribution in [1.82, 2.24) is 0 Å². The number of carbonyl (C=O) groups is 1. The third-order valence-electron chi connectivity index (χ3n) is 1.11. The molecule has 8 heavy (non-hydrogen) atoms. The van der Waals surface area contributed by atoms with Crippen LogP contribution < -0.4 is 0 Å². The van der Waals surface area contributed by atoms with E-state index in [4.69, 9.17) is 16.7 Å². The van der Waals surface area contributed by atoms with Crippen LogP contribution in [0.5, 0.6) is 0 Å². The molecule has 0 aromatic heterocycles. The fourth-order valence-corrected chi connectivity index (χ4v) is 0.151. The molecule has 0 amide bonds. The number of alkyl halides is 1. The molecule has 1 atom stereocenters. The van der Waals surface area contributed by atoms with Crippen LogP contribution in [0.1, 0.15) is 20.3 Å². The van der Waals surface area contributed by atoms with Gasteiger partial charge in [0.15, 0.2) is 0 Å². The second kappa shape index (κ2) is 2.35. The van der Waals surface area contributed by atoms with E-state index < -0.39 is 10.8 Å². The van der Waals surface area contributed by atoms with Gasteiger partial charge in [-0.25, -0.2) is 0 Å². The Labute approximate surface area is 53.5 Å². The van der Waals surface area contributed by atoms with Gasteiger partial charge in [-0.1, -0.05) is 6.92 Å². The van der Waals surface area contributed by atoms with E-state index in [1.54, 1.807) is 6.92 Å². The van der Waals surface area contributed by atoms with Crippen molar-refractivity contribution in [3.63, 3.8) is 0 Å². The third kappa shape index (κ3) is 1.70. The first-order chi connectivity index (χ1) is 3.50. The van der Waals surface area contributed by atoms with Crippen LogP contribution in [-0.2, 0) is 4.79 Å². The minimum atomic E-state index is -1.07. The first kappa shape index (κ1) is 7.76. The summed E-state index contributed by atoms with van der Waals surface area (Å²) in [7, 11) is 0. The Balaban J connectivity index is 3.91. The molecule has 0 bridgehead atoms. The van der Waals surface area contributed by atoms with Gasteiger partial charge in [0.1, 0.15) is 4.87 Å². The molecule has 3 heteroatoms. The third-order valence-corrected chi connectivity index (χ3v) is 1.54. The predicted octanol–water partition coefficient (Wildman–Crippen LogP) is 1.48. The summed E-state index contributed by atoms with van der Waals surface area (Å²) in [6.45, 7) is 3.22. The topological polar surface area (TPSA) is 37.3 Å². The van der Waals surface area contributed by atoms with Gasteiger partial charge < -0.3 is 5.11 Å². The molecule has 0 aromatic carbocycles. The van der Waals surface area contributed by atoms with Gasteiger partial charge >= 0.3 is 5.97 Å². The lowest BCUT2D eigenvalue weighted by molar-refractivity contribution is -0.139. The molecular formula is C5H9ClO2. The van der Waals surface area contributed by atoms with Crippen LogP contribution in [0.15, 0.2) is 0 Å². The Morgan fingerprint density at radius 3 is 2.25 bits per heavy atom. The van der Waals surface area contributed by atoms with Gasteiger partial charge in [-0.3, -0.25) is 4.79 Å². The van der Waals surface area contributed by atoms with Crippen molar-refractivity contribution >= 4 is 17.6 Å². The second-order valence-corrected chi connectivity index (χ2v) is 2.69. The smallest absolute Gasteiger partial charge is 0.324 e. The summed E-state index contributed by atoms with van der Waals surface area (Å²) >= 11 is 5.46. The van der Waals surface area contributed by atoms with Crippen molar-refractivity contribution < 1.29 is 9.90 Å². The fourth-order valence-electron chi connectivity index (χ4n) is 0.151. The molecule has 0 aliphatic rings. The van der Waals surface area contributed by atoms with Crippen LogP contribution in [-0.4, -0.2) is 16.0 Å². The molecule has 0 heterocycles. The lowest BCUT2D eigenvalue weighted by Crippen LogP contribution is -2.26. The van der Waals surface area contributed by atoms with E-state index in [0.29, 0.717) is 6.42 Å². The van der Waals surface area contributed by atoms with Gasteiger partial charge in [-0.05, 0) is 13.3 Å². The molecule has 1 unspecified atom stereocenters. The Hall–Kier alpha value is -0.240. The molecule has 0 aromatic rings. The van der Waals surface area contributed by atoms with Gasteiger partial charge in [0.05, 0.1) is 0 Å². The van der Waals surface area contributed by atoms with Crippen LogP contribution in [0.4, 0.5) is 0 Å². The molecule has 0 saturated heterocycles. The average molecular weight is 137 g/mol. The molecule has 0 aliphatic heterocycles. The minimum Gasteiger partial charge on any atom is -0.480 e. The standard InChI is InChI=1S/C5H9ClO2/c1-3-5(2,6)4(7)8/h3H2,1-2H3,(H,7,8). The van der Waals surface area contributed by atoms with Gasteiger partial charge in [0, 0.05) is 0 Å². The number of aliphatic carboxylic acids is 1. The lowest BCUT2D eigenvalue weighted by atomic mass is 10.1. The number of carboxylic acid groups (broad SMARTS) is 1. The lowest BCUT2D eigenvalue weighted by Gasteiger charge is -2.11. The van der Waals surface area contributed by atoms with E-state index in [1.807, 2.05) is 0 Å². The van der Waals surface area contributed by atoms with E-state index in [2.05, 4.69) is 0 Å². The van der Waals surface area contributed by atoms with Crippen molar-refractivity contribution in [1.29, 1.82) is 0 Å². The zero-order chi connectivity index (χ0) is 6.78. The van der Waals surface area contributed by atoms with E-state index in [0.717, 1.165) is 0 Å². The zero-order valence-corrected chi connectivity index (χ0v) is 5.70. The molecule has 0 rings (SSSR count). The predicted molar refractivity (Wildman–Crippen MR) is 32.2 cm³/mol. The maximum absolute atomic E-state index is 10.1. The number of hydrogen-bond donors (Lipinski definition) is 1. The van der Waals surface area contributed by atoms with Crippen molar-refractivity contribution in [3.05, 3.63) is 0 Å². The number of halogens is 1. The Morgan fingerprint density at radius 2 is 2.25 bits per heavy atom. The molecule has 1 N–H and O–H groups in total. The van der Waals surface area contributed by atoms with Crippen molar-refractivity contribution in [2.24, 2.45) is 0 Å². The monoisotopic (exact) mass is 136 g/mol. The van der Waals surface area contributed by atoms with Crippen LogP contribution in [0, 0.1) is 0 Å². The molecular weight excluding hydrogens is 128 g/mol. The zero-order valence-electron chi connectivity index (χ0n) is 4.94. The first-order valence-electron chi connectivity index (χ1n) is 2.43. The summed E-state index contributed by atoms with van der Waals surface area (Å²) in [6.07, 6.45) is 0.448. The number of rotatable bonds is 2. The highest BCUT2D eigenvalue weighted by atomic mass is 35.5. The fraction of sp³-hybridized carbons (Fsp3) is 0.800. The van der Waals surface area contributed by atoms with Crippen LogP contribution >= 0.6 is 11.6 Å². The average Bonchev–Trinajstić information content (AvgIpc) is 1.67. The quantitative estimate of drug-likeness (QED) is 0.584. The maximum atomic E-state index is 10.1. The van der Waals surface area contributed by atoms with E-state index >= 15 is 0 Å². The highest BCUT2D eigenvalue weighted by Gasteiger charge is 2.26. The van der Waals surface area contributed by atoms with Gasteiger partial charge in [-0.2, -0.15) is 0 Å². The summed E-state index contributed by atoms with van der Waals surface area (Å²) in [5.41, 5.74) is 0. The number of hydrogen-bond acceptors (Lipinski definition) is 1. The maximum Gasteiger partial charge on any atom is 0.324 e. The van der Waals surface area contributed by atoms with Crippen molar-refractivity contribution in [3.8, 4) is 0 Å². The van der Waals surface area contributed by atoms with Gasteiger partial charge in [-0.15, -0.1) is 11.6 Å².